The molecule has 4 rings (SSSR count). The van der Waals surface area contributed by atoms with Crippen LogP contribution in [0.25, 0.3) is 0 Å². The van der Waals surface area contributed by atoms with Gasteiger partial charge in [-0.05, 0) is 93.7 Å². The van der Waals surface area contributed by atoms with E-state index in [1.54, 1.807) is 48.5 Å². The molecule has 11 heteroatoms. The first-order valence-electron chi connectivity index (χ1n) is 20.7. The van der Waals surface area contributed by atoms with E-state index < -0.39 is 12.2 Å². The van der Waals surface area contributed by atoms with E-state index in [2.05, 4.69) is 22.0 Å². The largest absolute Gasteiger partial charge is 0.508 e. The second-order valence-electron chi connectivity index (χ2n) is 15.0. The second-order valence-corrected chi connectivity index (χ2v) is 15.8. The predicted octanol–water partition coefficient (Wildman–Crippen LogP) is 9.39. The molecular weight excluding hydrogens is 735 g/mol. The summed E-state index contributed by atoms with van der Waals surface area (Å²) in [6.07, 6.45) is 20.7. The van der Waals surface area contributed by atoms with Gasteiger partial charge in [-0.15, -0.1) is 23.2 Å². The van der Waals surface area contributed by atoms with Gasteiger partial charge in [0.15, 0.2) is 0 Å². The minimum absolute atomic E-state index is 0. The van der Waals surface area contributed by atoms with Crippen LogP contribution >= 0.6 is 23.2 Å². The van der Waals surface area contributed by atoms with Gasteiger partial charge in [0.2, 0.25) is 5.91 Å². The number of alkyl halides is 2. The Morgan fingerprint density at radius 2 is 1.02 bits per heavy atom. The van der Waals surface area contributed by atoms with Crippen molar-refractivity contribution < 1.29 is 25.2 Å². The highest BCUT2D eigenvalue weighted by Gasteiger charge is 2.26. The van der Waals surface area contributed by atoms with Crippen molar-refractivity contribution in [3.63, 3.8) is 0 Å². The van der Waals surface area contributed by atoms with Crippen LogP contribution in [0.2, 0.25) is 0 Å². The summed E-state index contributed by atoms with van der Waals surface area (Å²) < 4.78 is 0. The van der Waals surface area contributed by atoms with Gasteiger partial charge in [0.05, 0.1) is 17.5 Å². The number of phenols is 2. The number of phenolic OH excluding ortho intramolecular Hbond substituents is 2. The molecule has 0 unspecified atom stereocenters. The Bertz CT molecular complexity index is 1200. The summed E-state index contributed by atoms with van der Waals surface area (Å²) in [6, 6.07) is 12.6. The molecule has 316 valence electrons. The van der Waals surface area contributed by atoms with Crippen molar-refractivity contribution in [2.45, 2.75) is 154 Å². The van der Waals surface area contributed by atoms with Crippen LogP contribution in [0.1, 0.15) is 153 Å². The summed E-state index contributed by atoms with van der Waals surface area (Å²) in [5.41, 5.74) is 7.50. The van der Waals surface area contributed by atoms with Crippen molar-refractivity contribution in [1.82, 2.24) is 15.1 Å². The van der Waals surface area contributed by atoms with Crippen LogP contribution in [0.5, 0.6) is 11.5 Å². The average Bonchev–Trinajstić information content (AvgIpc) is 3.89. The van der Waals surface area contributed by atoms with Crippen LogP contribution in [0.4, 0.5) is 0 Å². The molecule has 55 heavy (non-hydrogen) atoms. The summed E-state index contributed by atoms with van der Waals surface area (Å²) in [5, 5.41) is 43.1. The highest BCUT2D eigenvalue weighted by molar-refractivity contribution is 6.40. The Labute approximate surface area is 344 Å². The summed E-state index contributed by atoms with van der Waals surface area (Å²) in [7, 11) is 0. The van der Waals surface area contributed by atoms with E-state index in [-0.39, 0.29) is 42.3 Å². The first-order valence-corrected chi connectivity index (χ1v) is 21.8. The van der Waals surface area contributed by atoms with E-state index in [1.165, 1.54) is 96.3 Å². The van der Waals surface area contributed by atoms with E-state index >= 15 is 0 Å². The molecule has 1 amide bonds. The monoisotopic (exact) mass is 811 g/mol. The highest BCUT2D eigenvalue weighted by Crippen LogP contribution is 2.23. The van der Waals surface area contributed by atoms with Crippen molar-refractivity contribution in [1.29, 1.82) is 0 Å². The molecule has 0 saturated carbocycles. The first kappa shape index (κ1) is 50.9. The van der Waals surface area contributed by atoms with E-state index in [0.29, 0.717) is 13.0 Å². The maximum absolute atomic E-state index is 12.6. The Morgan fingerprint density at radius 3 is 1.44 bits per heavy atom. The summed E-state index contributed by atoms with van der Waals surface area (Å²) in [6.45, 7) is 7.85. The van der Waals surface area contributed by atoms with Gasteiger partial charge in [0.25, 0.3) is 0 Å². The third-order valence-electron chi connectivity index (χ3n) is 10.4. The lowest BCUT2D eigenvalue weighted by molar-refractivity contribution is -0.123. The van der Waals surface area contributed by atoms with E-state index in [0.717, 1.165) is 56.7 Å². The molecule has 7 N–H and O–H groups in total. The number of carbonyl (C=O) groups is 1. The van der Waals surface area contributed by atoms with E-state index in [1.807, 2.05) is 0 Å². The van der Waals surface area contributed by atoms with Gasteiger partial charge in [0.1, 0.15) is 17.6 Å². The van der Waals surface area contributed by atoms with Gasteiger partial charge < -0.3 is 41.3 Å². The predicted molar refractivity (Wildman–Crippen MR) is 231 cm³/mol. The van der Waals surface area contributed by atoms with Crippen LogP contribution in [0.3, 0.4) is 0 Å². The van der Waals surface area contributed by atoms with Crippen LogP contribution in [-0.4, -0.2) is 92.8 Å². The fourth-order valence-electron chi connectivity index (χ4n) is 7.24. The normalized spacial score (nSPS) is 16.5. The van der Waals surface area contributed by atoms with Gasteiger partial charge in [-0.2, -0.15) is 0 Å². The first-order chi connectivity index (χ1) is 26.2. The van der Waals surface area contributed by atoms with Crippen molar-refractivity contribution in [2.24, 2.45) is 5.73 Å². The topological polar surface area (TPSA) is 143 Å². The van der Waals surface area contributed by atoms with Gasteiger partial charge in [0, 0.05) is 25.6 Å². The molecule has 2 aliphatic heterocycles. The molecule has 0 aliphatic carbocycles. The molecular formula is C44H76Cl2N4O5. The lowest BCUT2D eigenvalue weighted by Gasteiger charge is -2.28. The molecule has 2 aromatic carbocycles. The second kappa shape index (κ2) is 31.9. The number of rotatable bonds is 23. The standard InChI is InChI=1S/C29H50N2O3.C13H20N2O2.CH2Cl2.CH4/c1-2-3-4-5-6-7-8-9-10-11-12-13-14-17-28(33)30-27(24-31-22-15-16-23-31)29(34)25-18-20-26(32)21-19-25;14-12(9-15-7-1-2-8-15)13(17)10-3-5-11(16)6-4-10;2-1-3;/h18-21,27,29,32,34H,2-17,22-24H2,1H3,(H,30,33);3-6,12-13,16-17H,1-2,7-9,14H2;1H2;1H4/t27-,29-;12-,13-;;/m11../s1. The molecule has 2 fully saturated rings. The van der Waals surface area contributed by atoms with Crippen molar-refractivity contribution in [3.8, 4) is 11.5 Å². The van der Waals surface area contributed by atoms with Crippen molar-refractivity contribution >= 4 is 29.1 Å². The van der Waals surface area contributed by atoms with Crippen LogP contribution in [0, 0.1) is 0 Å². The number of nitrogens with zero attached hydrogens (tertiary/aromatic N) is 2. The number of hydrogen-bond donors (Lipinski definition) is 6. The maximum Gasteiger partial charge on any atom is 0.220 e. The third-order valence-corrected chi connectivity index (χ3v) is 10.4. The Morgan fingerprint density at radius 1 is 0.655 bits per heavy atom. The molecule has 2 saturated heterocycles. The zero-order valence-electron chi connectivity index (χ0n) is 33.0. The smallest absolute Gasteiger partial charge is 0.220 e. The average molecular weight is 812 g/mol. The molecule has 4 atom stereocenters. The van der Waals surface area contributed by atoms with E-state index in [9.17, 15) is 25.2 Å². The number of aliphatic hydroxyl groups excluding tert-OH is 2. The van der Waals surface area contributed by atoms with Gasteiger partial charge in [-0.1, -0.05) is 116 Å². The Balaban J connectivity index is 0.000000599. The number of amides is 1. The number of hydrogen-bond acceptors (Lipinski definition) is 8. The van der Waals surface area contributed by atoms with Crippen LogP contribution in [-0.2, 0) is 4.79 Å². The van der Waals surface area contributed by atoms with Gasteiger partial charge in [-0.3, -0.25) is 4.79 Å². The fourth-order valence-corrected chi connectivity index (χ4v) is 7.24. The fraction of sp³-hybridized carbons (Fsp3) is 0.705. The van der Waals surface area contributed by atoms with Crippen molar-refractivity contribution in [3.05, 3.63) is 59.7 Å². The molecule has 0 spiro atoms. The SMILES string of the molecule is C.CCCCCCCCCCCCCCCC(=O)N[C@H](CN1CCCC1)[C@H](O)c1ccc(O)cc1.ClCCl.N[C@H](CN1CCCC1)[C@H](O)c1ccc(O)cc1. The number of aliphatic hydroxyl groups is 2. The molecule has 2 heterocycles. The number of unbranched alkanes of at least 4 members (excludes halogenated alkanes) is 12. The molecule has 9 nitrogen and oxygen atoms in total. The highest BCUT2D eigenvalue weighted by atomic mass is 35.5. The maximum atomic E-state index is 12.6. The lowest BCUT2D eigenvalue weighted by Crippen LogP contribution is -2.46. The summed E-state index contributed by atoms with van der Waals surface area (Å²) in [5.74, 6) is 0.414. The third kappa shape index (κ3) is 23.0. The minimum Gasteiger partial charge on any atom is -0.508 e. The molecule has 2 aromatic rings. The van der Waals surface area contributed by atoms with Crippen molar-refractivity contribution in [2.75, 3.05) is 44.6 Å². The minimum atomic E-state index is -0.781. The number of nitrogens with one attached hydrogen (secondary N) is 1. The quantitative estimate of drug-likeness (QED) is 0.0482. The van der Waals surface area contributed by atoms with Gasteiger partial charge in [-0.25, -0.2) is 0 Å². The molecule has 2 aliphatic rings. The van der Waals surface area contributed by atoms with Crippen LogP contribution in [0.15, 0.2) is 48.5 Å². The zero-order valence-corrected chi connectivity index (χ0v) is 34.5. The summed E-state index contributed by atoms with van der Waals surface area (Å²) in [4.78, 5) is 17.2. The van der Waals surface area contributed by atoms with Crippen LogP contribution < -0.4 is 11.1 Å². The number of halogens is 2. The Kier molecular flexibility index (Phi) is 29.5. The summed E-state index contributed by atoms with van der Waals surface area (Å²) >= 11 is 9.53. The number of carbonyl (C=O) groups excluding carboxylic acids is 1. The number of aromatic hydroxyl groups is 2. The molecule has 0 bridgehead atoms. The zero-order chi connectivity index (χ0) is 39.4. The molecule has 0 radical (unpaired) electrons. The van der Waals surface area contributed by atoms with E-state index in [4.69, 9.17) is 28.9 Å². The number of likely N-dealkylation sites (tertiary alicyclic amines) is 2. The Hall–Kier alpha value is -2.11. The lowest BCUT2D eigenvalue weighted by atomic mass is 10.0. The molecule has 0 aromatic heterocycles. The number of nitrogens with two attached hydrogens (primary N) is 1. The number of benzene rings is 2. The van der Waals surface area contributed by atoms with Gasteiger partial charge >= 0.3 is 0 Å².